The third-order valence-corrected chi connectivity index (χ3v) is 2.66. The summed E-state index contributed by atoms with van der Waals surface area (Å²) in [5, 5.41) is 3.45. The van der Waals surface area contributed by atoms with Crippen LogP contribution in [-0.2, 0) is 4.74 Å². The Bertz CT molecular complexity index is 148. The molecule has 2 nitrogen and oxygen atoms in total. The lowest BCUT2D eigenvalue weighted by molar-refractivity contribution is -0.000987. The minimum absolute atomic E-state index is 0.329. The van der Waals surface area contributed by atoms with Crippen LogP contribution in [0.4, 0.5) is 0 Å². The highest BCUT2D eigenvalue weighted by Gasteiger charge is 2.09. The van der Waals surface area contributed by atoms with Crippen LogP contribution in [0.3, 0.4) is 0 Å². The van der Waals surface area contributed by atoms with Crippen LogP contribution < -0.4 is 5.32 Å². The smallest absolute Gasteiger partial charge is 0.0674 e. The molecule has 0 aliphatic heterocycles. The lowest BCUT2D eigenvalue weighted by atomic mass is 10.1. The SMILES string of the molecule is CCCCCNCC(C)OC(C)CC(C)C. The maximum atomic E-state index is 5.91. The number of hydrogen-bond acceptors (Lipinski definition) is 2. The van der Waals surface area contributed by atoms with E-state index in [1.165, 1.54) is 19.3 Å². The molecule has 0 spiro atoms. The van der Waals surface area contributed by atoms with Crippen LogP contribution in [0.15, 0.2) is 0 Å². The lowest BCUT2D eigenvalue weighted by Crippen LogP contribution is -2.30. The summed E-state index contributed by atoms with van der Waals surface area (Å²) >= 11 is 0. The van der Waals surface area contributed by atoms with Crippen molar-refractivity contribution in [2.75, 3.05) is 13.1 Å². The molecule has 0 saturated carbocycles. The van der Waals surface area contributed by atoms with Gasteiger partial charge in [0.15, 0.2) is 0 Å². The van der Waals surface area contributed by atoms with Crippen molar-refractivity contribution in [2.45, 2.75) is 72.5 Å². The summed E-state index contributed by atoms with van der Waals surface area (Å²) in [5.74, 6) is 0.722. The Hall–Kier alpha value is -0.0800. The third-order valence-electron chi connectivity index (χ3n) is 2.66. The van der Waals surface area contributed by atoms with E-state index < -0.39 is 0 Å². The fraction of sp³-hybridized carbons (Fsp3) is 1.00. The number of rotatable bonds is 10. The minimum atomic E-state index is 0.329. The molecule has 0 saturated heterocycles. The highest BCUT2D eigenvalue weighted by molar-refractivity contribution is 4.60. The molecule has 2 unspecified atom stereocenters. The number of unbranched alkanes of at least 4 members (excludes halogenated alkanes) is 2. The van der Waals surface area contributed by atoms with Gasteiger partial charge in [0.2, 0.25) is 0 Å². The number of ether oxygens (including phenoxy) is 1. The van der Waals surface area contributed by atoms with Crippen molar-refractivity contribution in [3.05, 3.63) is 0 Å². The Kier molecular flexibility index (Phi) is 10.0. The van der Waals surface area contributed by atoms with Crippen LogP contribution in [0, 0.1) is 5.92 Å². The van der Waals surface area contributed by atoms with Crippen molar-refractivity contribution in [2.24, 2.45) is 5.92 Å². The van der Waals surface area contributed by atoms with Crippen molar-refractivity contribution in [1.29, 1.82) is 0 Å². The van der Waals surface area contributed by atoms with Gasteiger partial charge in [-0.2, -0.15) is 0 Å². The maximum absolute atomic E-state index is 5.91. The highest BCUT2D eigenvalue weighted by Crippen LogP contribution is 2.09. The molecule has 98 valence electrons. The molecule has 0 bridgehead atoms. The zero-order valence-electron chi connectivity index (χ0n) is 11.9. The predicted molar refractivity (Wildman–Crippen MR) is 71.9 cm³/mol. The van der Waals surface area contributed by atoms with Crippen LogP contribution in [0.2, 0.25) is 0 Å². The Morgan fingerprint density at radius 1 is 1.00 bits per heavy atom. The van der Waals surface area contributed by atoms with E-state index in [0.29, 0.717) is 12.2 Å². The van der Waals surface area contributed by atoms with E-state index in [-0.39, 0.29) is 0 Å². The van der Waals surface area contributed by atoms with Gasteiger partial charge in [0, 0.05) is 6.54 Å². The van der Waals surface area contributed by atoms with Gasteiger partial charge in [-0.05, 0) is 39.2 Å². The quantitative estimate of drug-likeness (QED) is 0.578. The highest BCUT2D eigenvalue weighted by atomic mass is 16.5. The summed E-state index contributed by atoms with van der Waals surface area (Å²) in [5.41, 5.74) is 0. The van der Waals surface area contributed by atoms with Gasteiger partial charge in [-0.3, -0.25) is 0 Å². The third kappa shape index (κ3) is 10.4. The molecule has 0 fully saturated rings. The normalized spacial score (nSPS) is 15.4. The van der Waals surface area contributed by atoms with Crippen molar-refractivity contribution in [3.8, 4) is 0 Å². The van der Waals surface area contributed by atoms with Gasteiger partial charge in [0.05, 0.1) is 12.2 Å². The zero-order valence-corrected chi connectivity index (χ0v) is 11.9. The van der Waals surface area contributed by atoms with Crippen molar-refractivity contribution >= 4 is 0 Å². The van der Waals surface area contributed by atoms with E-state index >= 15 is 0 Å². The van der Waals surface area contributed by atoms with Gasteiger partial charge >= 0.3 is 0 Å². The van der Waals surface area contributed by atoms with Crippen LogP contribution in [0.25, 0.3) is 0 Å². The largest absolute Gasteiger partial charge is 0.374 e. The lowest BCUT2D eigenvalue weighted by Gasteiger charge is -2.21. The van der Waals surface area contributed by atoms with Gasteiger partial charge in [-0.25, -0.2) is 0 Å². The van der Waals surface area contributed by atoms with E-state index in [1.807, 2.05) is 0 Å². The first-order valence-electron chi connectivity index (χ1n) is 6.92. The van der Waals surface area contributed by atoms with E-state index in [2.05, 4.69) is 39.9 Å². The number of hydrogen-bond donors (Lipinski definition) is 1. The standard InChI is InChI=1S/C14H31NO/c1-6-7-8-9-15-11-14(5)16-13(4)10-12(2)3/h12-15H,6-11H2,1-5H3. The molecule has 0 amide bonds. The minimum Gasteiger partial charge on any atom is -0.374 e. The van der Waals surface area contributed by atoms with Crippen LogP contribution in [-0.4, -0.2) is 25.3 Å². The molecule has 16 heavy (non-hydrogen) atoms. The average molecular weight is 229 g/mol. The molecule has 0 rings (SSSR count). The summed E-state index contributed by atoms with van der Waals surface area (Å²) in [6.45, 7) is 13.2. The van der Waals surface area contributed by atoms with E-state index in [1.54, 1.807) is 0 Å². The zero-order chi connectivity index (χ0) is 12.4. The summed E-state index contributed by atoms with van der Waals surface area (Å²) < 4.78 is 5.91. The topological polar surface area (TPSA) is 21.3 Å². The van der Waals surface area contributed by atoms with Gasteiger partial charge in [0.25, 0.3) is 0 Å². The van der Waals surface area contributed by atoms with Crippen molar-refractivity contribution < 1.29 is 4.74 Å². The molecule has 0 aromatic heterocycles. The van der Waals surface area contributed by atoms with E-state index in [0.717, 1.165) is 25.4 Å². The molecule has 0 radical (unpaired) electrons. The Morgan fingerprint density at radius 2 is 1.69 bits per heavy atom. The molecular weight excluding hydrogens is 198 g/mol. The molecule has 0 aliphatic carbocycles. The molecule has 2 atom stereocenters. The Labute approximate surface area is 102 Å². The van der Waals surface area contributed by atoms with E-state index in [4.69, 9.17) is 4.74 Å². The van der Waals surface area contributed by atoms with Crippen molar-refractivity contribution in [3.63, 3.8) is 0 Å². The summed E-state index contributed by atoms with van der Waals surface area (Å²) in [6.07, 6.45) is 5.76. The molecular formula is C14H31NO. The molecule has 0 aromatic rings. The number of nitrogens with one attached hydrogen (secondary N) is 1. The Balaban J connectivity index is 3.39. The molecule has 1 N–H and O–H groups in total. The summed E-state index contributed by atoms with van der Waals surface area (Å²) in [6, 6.07) is 0. The fourth-order valence-corrected chi connectivity index (χ4v) is 1.97. The first-order valence-corrected chi connectivity index (χ1v) is 6.92. The van der Waals surface area contributed by atoms with Gasteiger partial charge in [0.1, 0.15) is 0 Å². The molecule has 0 aliphatic rings. The van der Waals surface area contributed by atoms with Gasteiger partial charge in [-0.1, -0.05) is 33.6 Å². The van der Waals surface area contributed by atoms with Crippen LogP contribution in [0.5, 0.6) is 0 Å². The van der Waals surface area contributed by atoms with Crippen molar-refractivity contribution in [1.82, 2.24) is 5.32 Å². The Morgan fingerprint density at radius 3 is 2.25 bits per heavy atom. The first kappa shape index (κ1) is 15.9. The summed E-state index contributed by atoms with van der Waals surface area (Å²) in [4.78, 5) is 0. The van der Waals surface area contributed by atoms with Gasteiger partial charge in [-0.15, -0.1) is 0 Å². The van der Waals surface area contributed by atoms with Gasteiger partial charge < -0.3 is 10.1 Å². The fourth-order valence-electron chi connectivity index (χ4n) is 1.97. The predicted octanol–water partition coefficient (Wildman–Crippen LogP) is 3.61. The maximum Gasteiger partial charge on any atom is 0.0674 e. The second kappa shape index (κ2) is 10.1. The van der Waals surface area contributed by atoms with E-state index in [9.17, 15) is 0 Å². The van der Waals surface area contributed by atoms with Crippen LogP contribution in [0.1, 0.15) is 60.3 Å². The molecule has 2 heteroatoms. The first-order chi connectivity index (χ1) is 7.56. The second-order valence-corrected chi connectivity index (χ2v) is 5.30. The van der Waals surface area contributed by atoms with Crippen LogP contribution >= 0.6 is 0 Å². The summed E-state index contributed by atoms with van der Waals surface area (Å²) in [7, 11) is 0. The monoisotopic (exact) mass is 229 g/mol. The molecule has 0 heterocycles. The average Bonchev–Trinajstić information content (AvgIpc) is 2.15. The second-order valence-electron chi connectivity index (χ2n) is 5.30. The molecule has 0 aromatic carbocycles.